The molecule has 0 saturated carbocycles. The molecule has 0 spiro atoms. The van der Waals surface area contributed by atoms with Gasteiger partial charge in [0.2, 0.25) is 5.91 Å². The molecule has 3 aromatic rings. The lowest BCUT2D eigenvalue weighted by Crippen LogP contribution is -2.29. The summed E-state index contributed by atoms with van der Waals surface area (Å²) in [5, 5.41) is 14.7. The average Bonchev–Trinajstić information content (AvgIpc) is 3.13. The SMILES string of the molecule is COc1ccccc1NC(=O)CSc1nnc([C@@H](C)NC(=O)c2ccccc2C)n1C. The van der Waals surface area contributed by atoms with Crippen molar-refractivity contribution >= 4 is 29.3 Å². The monoisotopic (exact) mass is 439 g/mol. The van der Waals surface area contributed by atoms with Crippen LogP contribution in [0.2, 0.25) is 0 Å². The van der Waals surface area contributed by atoms with Crippen molar-refractivity contribution in [3.63, 3.8) is 0 Å². The number of methoxy groups -OCH3 is 1. The molecule has 0 saturated heterocycles. The summed E-state index contributed by atoms with van der Waals surface area (Å²) in [5.74, 6) is 1.02. The summed E-state index contributed by atoms with van der Waals surface area (Å²) < 4.78 is 7.03. The zero-order valence-electron chi connectivity index (χ0n) is 17.9. The van der Waals surface area contributed by atoms with E-state index in [-0.39, 0.29) is 23.6 Å². The standard InChI is InChI=1S/C22H25N5O3S/c1-14-9-5-6-10-16(14)21(29)23-15(2)20-25-26-22(27(20)3)31-13-19(28)24-17-11-7-8-12-18(17)30-4/h5-12,15H,13H2,1-4H3,(H,23,29)(H,24,28)/t15-/m1/s1. The van der Waals surface area contributed by atoms with Crippen LogP contribution in [0.15, 0.2) is 53.7 Å². The van der Waals surface area contributed by atoms with Crippen LogP contribution in [0.4, 0.5) is 5.69 Å². The molecular formula is C22H25N5O3S. The molecule has 1 atom stereocenters. The first-order valence-corrected chi connectivity index (χ1v) is 10.7. The van der Waals surface area contributed by atoms with Crippen LogP contribution in [0.3, 0.4) is 0 Å². The van der Waals surface area contributed by atoms with E-state index in [0.717, 1.165) is 5.56 Å². The third-order valence-electron chi connectivity index (χ3n) is 4.71. The number of nitrogens with one attached hydrogen (secondary N) is 2. The van der Waals surface area contributed by atoms with Gasteiger partial charge in [0, 0.05) is 12.6 Å². The second-order valence-electron chi connectivity index (χ2n) is 6.95. The van der Waals surface area contributed by atoms with Crippen molar-refractivity contribution in [1.82, 2.24) is 20.1 Å². The molecule has 0 aliphatic carbocycles. The number of carbonyl (C=O) groups is 2. The van der Waals surface area contributed by atoms with Crippen LogP contribution in [0, 0.1) is 6.92 Å². The number of aryl methyl sites for hydroxylation is 1. The Hall–Kier alpha value is -3.33. The highest BCUT2D eigenvalue weighted by Gasteiger charge is 2.19. The third kappa shape index (κ3) is 5.43. The molecule has 31 heavy (non-hydrogen) atoms. The van der Waals surface area contributed by atoms with E-state index in [4.69, 9.17) is 4.74 Å². The fourth-order valence-electron chi connectivity index (χ4n) is 3.06. The van der Waals surface area contributed by atoms with E-state index in [1.807, 2.05) is 51.2 Å². The minimum atomic E-state index is -0.346. The van der Waals surface area contributed by atoms with Crippen molar-refractivity contribution in [3.05, 3.63) is 65.5 Å². The molecule has 3 rings (SSSR count). The van der Waals surface area contributed by atoms with Gasteiger partial charge in [-0.1, -0.05) is 42.1 Å². The minimum Gasteiger partial charge on any atom is -0.495 e. The third-order valence-corrected chi connectivity index (χ3v) is 5.73. The molecule has 0 aliphatic heterocycles. The van der Waals surface area contributed by atoms with Crippen molar-refractivity contribution < 1.29 is 14.3 Å². The van der Waals surface area contributed by atoms with Crippen LogP contribution >= 0.6 is 11.8 Å². The number of ether oxygens (including phenoxy) is 1. The van der Waals surface area contributed by atoms with Gasteiger partial charge in [0.25, 0.3) is 5.91 Å². The van der Waals surface area contributed by atoms with E-state index in [2.05, 4.69) is 20.8 Å². The highest BCUT2D eigenvalue weighted by atomic mass is 32.2. The van der Waals surface area contributed by atoms with Crippen molar-refractivity contribution in [2.45, 2.75) is 25.0 Å². The van der Waals surface area contributed by atoms with E-state index in [0.29, 0.717) is 28.0 Å². The molecule has 162 valence electrons. The summed E-state index contributed by atoms with van der Waals surface area (Å²) in [7, 11) is 3.37. The van der Waals surface area contributed by atoms with Crippen LogP contribution in [-0.4, -0.2) is 39.4 Å². The fraction of sp³-hybridized carbons (Fsp3) is 0.273. The Balaban J connectivity index is 1.60. The van der Waals surface area contributed by atoms with E-state index < -0.39 is 0 Å². The Morgan fingerprint density at radius 2 is 1.84 bits per heavy atom. The maximum absolute atomic E-state index is 12.6. The molecule has 2 aromatic carbocycles. The average molecular weight is 440 g/mol. The highest BCUT2D eigenvalue weighted by Crippen LogP contribution is 2.24. The van der Waals surface area contributed by atoms with Crippen LogP contribution < -0.4 is 15.4 Å². The molecule has 0 bridgehead atoms. The van der Waals surface area contributed by atoms with Gasteiger partial charge in [-0.3, -0.25) is 9.59 Å². The first kappa shape index (κ1) is 22.4. The Kier molecular flexibility index (Phi) is 7.30. The van der Waals surface area contributed by atoms with Gasteiger partial charge in [-0.25, -0.2) is 0 Å². The molecular weight excluding hydrogens is 414 g/mol. The summed E-state index contributed by atoms with van der Waals surface area (Å²) in [5.41, 5.74) is 2.14. The number of thioether (sulfide) groups is 1. The molecule has 2 amide bonds. The highest BCUT2D eigenvalue weighted by molar-refractivity contribution is 7.99. The van der Waals surface area contributed by atoms with Gasteiger partial charge in [0.1, 0.15) is 5.75 Å². The van der Waals surface area contributed by atoms with Crippen molar-refractivity contribution in [1.29, 1.82) is 0 Å². The zero-order chi connectivity index (χ0) is 22.4. The molecule has 0 aliphatic rings. The number of benzene rings is 2. The zero-order valence-corrected chi connectivity index (χ0v) is 18.7. The number of rotatable bonds is 8. The van der Waals surface area contributed by atoms with Crippen LogP contribution in [0.5, 0.6) is 5.75 Å². The van der Waals surface area contributed by atoms with E-state index in [1.54, 1.807) is 29.9 Å². The van der Waals surface area contributed by atoms with E-state index in [9.17, 15) is 9.59 Å². The minimum absolute atomic E-state index is 0.161. The lowest BCUT2D eigenvalue weighted by Gasteiger charge is -2.14. The second-order valence-corrected chi connectivity index (χ2v) is 7.89. The maximum atomic E-state index is 12.6. The first-order chi connectivity index (χ1) is 14.9. The first-order valence-electron chi connectivity index (χ1n) is 9.72. The summed E-state index contributed by atoms with van der Waals surface area (Å²) in [6.07, 6.45) is 0. The van der Waals surface area contributed by atoms with Gasteiger partial charge < -0.3 is 19.9 Å². The van der Waals surface area contributed by atoms with Gasteiger partial charge in [0.15, 0.2) is 11.0 Å². The number of carbonyl (C=O) groups excluding carboxylic acids is 2. The number of anilines is 1. The Morgan fingerprint density at radius 1 is 1.13 bits per heavy atom. The van der Waals surface area contributed by atoms with Gasteiger partial charge in [-0.15, -0.1) is 10.2 Å². The quantitative estimate of drug-likeness (QED) is 0.523. The molecule has 2 N–H and O–H groups in total. The smallest absolute Gasteiger partial charge is 0.252 e. The predicted molar refractivity (Wildman–Crippen MR) is 120 cm³/mol. The Labute approximate surface area is 185 Å². The lowest BCUT2D eigenvalue weighted by molar-refractivity contribution is -0.113. The van der Waals surface area contributed by atoms with Gasteiger partial charge >= 0.3 is 0 Å². The Morgan fingerprint density at radius 3 is 2.58 bits per heavy atom. The number of para-hydroxylation sites is 2. The summed E-state index contributed by atoms with van der Waals surface area (Å²) >= 11 is 1.27. The van der Waals surface area contributed by atoms with Crippen LogP contribution in [-0.2, 0) is 11.8 Å². The largest absolute Gasteiger partial charge is 0.495 e. The maximum Gasteiger partial charge on any atom is 0.252 e. The van der Waals surface area contributed by atoms with E-state index >= 15 is 0 Å². The van der Waals surface area contributed by atoms with Crippen molar-refractivity contribution in [2.75, 3.05) is 18.2 Å². The number of aromatic nitrogens is 3. The van der Waals surface area contributed by atoms with Crippen LogP contribution in [0.25, 0.3) is 0 Å². The number of amides is 2. The van der Waals surface area contributed by atoms with Crippen molar-refractivity contribution in [2.24, 2.45) is 7.05 Å². The van der Waals surface area contributed by atoms with E-state index in [1.165, 1.54) is 11.8 Å². The predicted octanol–water partition coefficient (Wildman–Crippen LogP) is 3.35. The molecule has 8 nitrogen and oxygen atoms in total. The normalized spacial score (nSPS) is 11.6. The number of nitrogens with zero attached hydrogens (tertiary/aromatic N) is 3. The molecule has 9 heteroatoms. The molecule has 1 aromatic heterocycles. The number of hydrogen-bond acceptors (Lipinski definition) is 6. The topological polar surface area (TPSA) is 98.1 Å². The number of hydrogen-bond donors (Lipinski definition) is 2. The molecule has 0 radical (unpaired) electrons. The molecule has 0 unspecified atom stereocenters. The Bertz CT molecular complexity index is 1080. The van der Waals surface area contributed by atoms with Gasteiger partial charge in [-0.05, 0) is 37.6 Å². The fourth-order valence-corrected chi connectivity index (χ4v) is 3.78. The van der Waals surface area contributed by atoms with Gasteiger partial charge in [-0.2, -0.15) is 0 Å². The lowest BCUT2D eigenvalue weighted by atomic mass is 10.1. The second kappa shape index (κ2) is 10.1. The summed E-state index contributed by atoms with van der Waals surface area (Å²) in [4.78, 5) is 24.9. The summed E-state index contributed by atoms with van der Waals surface area (Å²) in [6, 6.07) is 14.3. The van der Waals surface area contributed by atoms with Crippen LogP contribution in [0.1, 0.15) is 34.7 Å². The summed E-state index contributed by atoms with van der Waals surface area (Å²) in [6.45, 7) is 3.75. The van der Waals surface area contributed by atoms with Crippen molar-refractivity contribution in [3.8, 4) is 5.75 Å². The molecule has 0 fully saturated rings. The molecule has 1 heterocycles. The van der Waals surface area contributed by atoms with Gasteiger partial charge in [0.05, 0.1) is 24.6 Å².